The zero-order chi connectivity index (χ0) is 15.9. The molecular weight excluding hydrogens is 278 g/mol. The Kier molecular flexibility index (Phi) is 3.32. The second-order valence-electron chi connectivity index (χ2n) is 5.64. The number of nitro benzene ring substituents is 1. The van der Waals surface area contributed by atoms with E-state index in [-0.39, 0.29) is 22.3 Å². The molecule has 0 aliphatic rings. The minimum absolute atomic E-state index is 0.0185. The fraction of sp³-hybridized carbons (Fsp3) is 0.385. The smallest absolute Gasteiger partial charge is 0.341 e. The summed E-state index contributed by atoms with van der Waals surface area (Å²) in [6.45, 7) is 5.07. The molecule has 8 heteroatoms. The Labute approximate surface area is 119 Å². The summed E-state index contributed by atoms with van der Waals surface area (Å²) in [5.74, 6) is -0.717. The van der Waals surface area contributed by atoms with Crippen LogP contribution < -0.4 is 5.69 Å². The molecule has 0 radical (unpaired) electrons. The first-order valence-electron chi connectivity index (χ1n) is 6.20. The van der Waals surface area contributed by atoms with E-state index in [2.05, 4.69) is 4.98 Å². The molecule has 0 bridgehead atoms. The van der Waals surface area contributed by atoms with E-state index < -0.39 is 22.2 Å². The number of ether oxygens (including phenoxy) is 1. The lowest BCUT2D eigenvalue weighted by molar-refractivity contribution is -0.384. The van der Waals surface area contributed by atoms with Crippen molar-refractivity contribution >= 4 is 22.7 Å². The van der Waals surface area contributed by atoms with Gasteiger partial charge < -0.3 is 9.72 Å². The van der Waals surface area contributed by atoms with Crippen molar-refractivity contribution in [3.05, 3.63) is 38.3 Å². The maximum Gasteiger partial charge on any atom is 0.341 e. The third kappa shape index (κ3) is 2.78. The lowest BCUT2D eigenvalue weighted by Crippen LogP contribution is -2.24. The predicted octanol–water partition coefficient (Wildman–Crippen LogP) is 1.73. The van der Waals surface area contributed by atoms with E-state index in [1.807, 2.05) is 0 Å². The van der Waals surface area contributed by atoms with Gasteiger partial charge in [-0.3, -0.25) is 14.7 Å². The van der Waals surface area contributed by atoms with Crippen LogP contribution >= 0.6 is 0 Å². The Bertz CT molecular complexity index is 794. The summed E-state index contributed by atoms with van der Waals surface area (Å²) in [5, 5.41) is 11.0. The van der Waals surface area contributed by atoms with Crippen LogP contribution in [0.5, 0.6) is 0 Å². The molecule has 2 rings (SSSR count). The molecule has 1 aromatic heterocycles. The van der Waals surface area contributed by atoms with Crippen molar-refractivity contribution in [1.29, 1.82) is 0 Å². The zero-order valence-electron chi connectivity index (χ0n) is 12.1. The molecule has 2 aromatic rings. The van der Waals surface area contributed by atoms with Gasteiger partial charge in [-0.25, -0.2) is 9.59 Å². The molecule has 0 aliphatic carbocycles. The molecule has 0 fully saturated rings. The van der Waals surface area contributed by atoms with Crippen LogP contribution in [0.25, 0.3) is 11.0 Å². The van der Waals surface area contributed by atoms with Crippen LogP contribution in [0.2, 0.25) is 0 Å². The van der Waals surface area contributed by atoms with Gasteiger partial charge in [-0.05, 0) is 20.8 Å². The number of aromatic amines is 1. The van der Waals surface area contributed by atoms with E-state index in [1.54, 1.807) is 20.8 Å². The minimum Gasteiger partial charge on any atom is -0.456 e. The van der Waals surface area contributed by atoms with Crippen molar-refractivity contribution in [1.82, 2.24) is 9.55 Å². The number of aryl methyl sites for hydroxylation is 1. The molecule has 0 atom stereocenters. The highest BCUT2D eigenvalue weighted by atomic mass is 16.6. The summed E-state index contributed by atoms with van der Waals surface area (Å²) in [6.07, 6.45) is 0. The van der Waals surface area contributed by atoms with Crippen LogP contribution in [0.1, 0.15) is 31.1 Å². The topological polar surface area (TPSA) is 107 Å². The molecule has 1 heterocycles. The van der Waals surface area contributed by atoms with Crippen LogP contribution in [-0.2, 0) is 11.8 Å². The summed E-state index contributed by atoms with van der Waals surface area (Å²) in [7, 11) is 1.47. The SMILES string of the molecule is Cn1c(=O)[nH]c2cc([N+](=O)[O-])cc(C(=O)OC(C)(C)C)c21. The van der Waals surface area contributed by atoms with E-state index >= 15 is 0 Å². The third-order valence-corrected chi connectivity index (χ3v) is 2.81. The average Bonchev–Trinajstić information content (AvgIpc) is 2.62. The van der Waals surface area contributed by atoms with Crippen molar-refractivity contribution in [2.75, 3.05) is 0 Å². The third-order valence-electron chi connectivity index (χ3n) is 2.81. The van der Waals surface area contributed by atoms with Crippen molar-refractivity contribution < 1.29 is 14.5 Å². The van der Waals surface area contributed by atoms with Gasteiger partial charge >= 0.3 is 11.7 Å². The van der Waals surface area contributed by atoms with Crippen LogP contribution in [0.4, 0.5) is 5.69 Å². The van der Waals surface area contributed by atoms with Crippen molar-refractivity contribution in [2.24, 2.45) is 7.05 Å². The highest BCUT2D eigenvalue weighted by Gasteiger charge is 2.25. The molecular formula is C13H15N3O5. The van der Waals surface area contributed by atoms with Gasteiger partial charge in [0.15, 0.2) is 0 Å². The number of rotatable bonds is 2. The number of fused-ring (bicyclic) bond motifs is 1. The standard InChI is InChI=1S/C13H15N3O5/c1-13(2,3)21-11(17)8-5-7(16(19)20)6-9-10(8)15(4)12(18)14-9/h5-6H,1-4H3,(H,14,18). The maximum absolute atomic E-state index is 12.2. The van der Waals surface area contributed by atoms with E-state index in [0.29, 0.717) is 0 Å². The molecule has 21 heavy (non-hydrogen) atoms. The Morgan fingerprint density at radius 3 is 2.52 bits per heavy atom. The molecule has 0 unspecified atom stereocenters. The lowest BCUT2D eigenvalue weighted by atomic mass is 10.1. The van der Waals surface area contributed by atoms with E-state index in [9.17, 15) is 19.7 Å². The number of non-ortho nitro benzene ring substituents is 1. The Morgan fingerprint density at radius 2 is 2.00 bits per heavy atom. The summed E-state index contributed by atoms with van der Waals surface area (Å²) in [5.41, 5.74) is -1.02. The highest BCUT2D eigenvalue weighted by Crippen LogP contribution is 2.25. The van der Waals surface area contributed by atoms with Gasteiger partial charge in [-0.2, -0.15) is 0 Å². The fourth-order valence-corrected chi connectivity index (χ4v) is 1.97. The normalized spacial score (nSPS) is 11.6. The maximum atomic E-state index is 12.2. The molecule has 8 nitrogen and oxygen atoms in total. The second-order valence-corrected chi connectivity index (χ2v) is 5.64. The summed E-state index contributed by atoms with van der Waals surface area (Å²) < 4.78 is 6.46. The first-order valence-corrected chi connectivity index (χ1v) is 6.20. The van der Waals surface area contributed by atoms with Gasteiger partial charge in [-0.15, -0.1) is 0 Å². The number of nitrogens with one attached hydrogen (secondary N) is 1. The average molecular weight is 293 g/mol. The molecule has 0 aliphatic heterocycles. The minimum atomic E-state index is -0.747. The van der Waals surface area contributed by atoms with Crippen molar-refractivity contribution in [3.63, 3.8) is 0 Å². The number of carbonyl (C=O) groups is 1. The Hall–Kier alpha value is -2.64. The number of H-pyrrole nitrogens is 1. The molecule has 1 aromatic carbocycles. The van der Waals surface area contributed by atoms with Gasteiger partial charge in [-0.1, -0.05) is 0 Å². The van der Waals surface area contributed by atoms with Crippen molar-refractivity contribution in [2.45, 2.75) is 26.4 Å². The Morgan fingerprint density at radius 1 is 1.38 bits per heavy atom. The van der Waals surface area contributed by atoms with Gasteiger partial charge in [0.2, 0.25) is 0 Å². The van der Waals surface area contributed by atoms with Crippen LogP contribution in [-0.4, -0.2) is 26.0 Å². The molecule has 1 N–H and O–H groups in total. The number of imidazole rings is 1. The number of nitrogens with zero attached hydrogens (tertiary/aromatic N) is 2. The molecule has 0 saturated carbocycles. The number of benzene rings is 1. The number of hydrogen-bond acceptors (Lipinski definition) is 5. The zero-order valence-corrected chi connectivity index (χ0v) is 12.1. The fourth-order valence-electron chi connectivity index (χ4n) is 1.97. The monoisotopic (exact) mass is 293 g/mol. The van der Waals surface area contributed by atoms with Crippen LogP contribution in [0.3, 0.4) is 0 Å². The van der Waals surface area contributed by atoms with Crippen LogP contribution in [0.15, 0.2) is 16.9 Å². The largest absolute Gasteiger partial charge is 0.456 e. The van der Waals surface area contributed by atoms with Gasteiger partial charge in [0, 0.05) is 19.2 Å². The second kappa shape index (κ2) is 4.72. The first kappa shape index (κ1) is 14.8. The highest BCUT2D eigenvalue weighted by molar-refractivity contribution is 6.03. The van der Waals surface area contributed by atoms with Gasteiger partial charge in [0.25, 0.3) is 5.69 Å². The Balaban J connectivity index is 2.72. The van der Waals surface area contributed by atoms with E-state index in [4.69, 9.17) is 4.74 Å². The van der Waals surface area contributed by atoms with Gasteiger partial charge in [0.05, 0.1) is 21.5 Å². The van der Waals surface area contributed by atoms with Gasteiger partial charge in [0.1, 0.15) is 5.60 Å². The summed E-state index contributed by atoms with van der Waals surface area (Å²) in [6, 6.07) is 2.33. The van der Waals surface area contributed by atoms with E-state index in [1.165, 1.54) is 17.7 Å². The lowest BCUT2D eigenvalue weighted by Gasteiger charge is -2.19. The first-order chi connectivity index (χ1) is 9.60. The van der Waals surface area contributed by atoms with Crippen LogP contribution in [0, 0.1) is 10.1 Å². The number of nitro groups is 1. The molecule has 0 saturated heterocycles. The number of carbonyl (C=O) groups excluding carboxylic acids is 1. The number of esters is 1. The van der Waals surface area contributed by atoms with Crippen molar-refractivity contribution in [3.8, 4) is 0 Å². The number of hydrogen-bond donors (Lipinski definition) is 1. The molecule has 0 spiro atoms. The predicted molar refractivity (Wildman–Crippen MR) is 75.4 cm³/mol. The quantitative estimate of drug-likeness (QED) is 0.515. The number of aromatic nitrogens is 2. The molecule has 112 valence electrons. The summed E-state index contributed by atoms with van der Waals surface area (Å²) >= 11 is 0. The van der Waals surface area contributed by atoms with E-state index in [0.717, 1.165) is 6.07 Å². The molecule has 0 amide bonds. The summed E-state index contributed by atoms with van der Waals surface area (Å²) in [4.78, 5) is 36.7.